The normalized spacial score (nSPS) is 17.7. The molecule has 19 heavy (non-hydrogen) atoms. The second-order valence-corrected chi connectivity index (χ2v) is 5.85. The van der Waals surface area contributed by atoms with Gasteiger partial charge in [0.1, 0.15) is 0 Å². The maximum Gasteiger partial charge on any atom is 0.165 e. The molecule has 104 valence electrons. The lowest BCUT2D eigenvalue weighted by Gasteiger charge is -2.18. The Bertz CT molecular complexity index is 383. The first-order valence-electron chi connectivity index (χ1n) is 7.94. The van der Waals surface area contributed by atoms with Gasteiger partial charge in [-0.2, -0.15) is 0 Å². The average molecular weight is 258 g/mol. The van der Waals surface area contributed by atoms with Crippen LogP contribution in [-0.2, 0) is 6.42 Å². The molecule has 0 aromatic heterocycles. The van der Waals surface area contributed by atoms with E-state index in [4.69, 9.17) is 0 Å². The highest BCUT2D eigenvalue weighted by Crippen LogP contribution is 2.25. The van der Waals surface area contributed by atoms with Gasteiger partial charge in [-0.3, -0.25) is 4.79 Å². The first-order valence-corrected chi connectivity index (χ1v) is 7.94. The van der Waals surface area contributed by atoms with Gasteiger partial charge < -0.3 is 0 Å². The quantitative estimate of drug-likeness (QED) is 0.680. The largest absolute Gasteiger partial charge is 0.294 e. The minimum Gasteiger partial charge on any atom is -0.294 e. The number of benzene rings is 1. The van der Waals surface area contributed by atoms with Crippen LogP contribution in [0.3, 0.4) is 0 Å². The average Bonchev–Trinajstić information content (AvgIpc) is 2.39. The summed E-state index contributed by atoms with van der Waals surface area (Å²) in [4.78, 5) is 12.5. The third-order valence-corrected chi connectivity index (χ3v) is 4.25. The van der Waals surface area contributed by atoms with Gasteiger partial charge in [-0.15, -0.1) is 0 Å². The fraction of sp³-hybridized carbons (Fsp3) is 0.611. The summed E-state index contributed by atoms with van der Waals surface area (Å²) in [5, 5.41) is 0. The van der Waals surface area contributed by atoms with Gasteiger partial charge in [0.05, 0.1) is 0 Å². The fourth-order valence-corrected chi connectivity index (χ4v) is 3.08. The van der Waals surface area contributed by atoms with E-state index in [1.54, 1.807) is 0 Å². The lowest BCUT2D eigenvalue weighted by molar-refractivity contribution is 0.0898. The Morgan fingerprint density at radius 1 is 1.00 bits per heavy atom. The minimum atomic E-state index is 0.275. The summed E-state index contributed by atoms with van der Waals surface area (Å²) < 4.78 is 0. The smallest absolute Gasteiger partial charge is 0.165 e. The molecule has 1 aliphatic rings. The molecule has 0 bridgehead atoms. The van der Waals surface area contributed by atoms with E-state index in [9.17, 15) is 4.79 Å². The monoisotopic (exact) mass is 258 g/mol. The molecule has 0 unspecified atom stereocenters. The number of carbonyl (C=O) groups excluding carboxylic acids is 1. The molecule has 1 fully saturated rings. The second-order valence-electron chi connectivity index (χ2n) is 5.85. The third kappa shape index (κ3) is 4.19. The lowest BCUT2D eigenvalue weighted by Crippen LogP contribution is -2.16. The summed E-state index contributed by atoms with van der Waals surface area (Å²) in [6.45, 7) is 2.19. The van der Waals surface area contributed by atoms with Crippen molar-refractivity contribution in [1.29, 1.82) is 0 Å². The van der Waals surface area contributed by atoms with Crippen molar-refractivity contribution >= 4 is 5.78 Å². The van der Waals surface area contributed by atoms with E-state index in [0.29, 0.717) is 5.78 Å². The Morgan fingerprint density at radius 2 is 1.58 bits per heavy atom. The first kappa shape index (κ1) is 14.3. The molecule has 1 saturated carbocycles. The van der Waals surface area contributed by atoms with Crippen molar-refractivity contribution in [3.05, 3.63) is 35.4 Å². The molecule has 0 atom stereocenters. The number of aryl methyl sites for hydroxylation is 1. The van der Waals surface area contributed by atoms with E-state index in [1.165, 1.54) is 37.7 Å². The van der Waals surface area contributed by atoms with E-state index in [1.807, 2.05) is 12.1 Å². The highest BCUT2D eigenvalue weighted by Gasteiger charge is 2.20. The molecule has 1 aromatic rings. The van der Waals surface area contributed by atoms with Crippen LogP contribution in [0.5, 0.6) is 0 Å². The minimum absolute atomic E-state index is 0.275. The Hall–Kier alpha value is -1.11. The van der Waals surface area contributed by atoms with E-state index in [0.717, 1.165) is 31.2 Å². The number of hydrogen-bond acceptors (Lipinski definition) is 1. The molecular formula is C18H26O. The van der Waals surface area contributed by atoms with Crippen LogP contribution >= 0.6 is 0 Å². The topological polar surface area (TPSA) is 17.1 Å². The van der Waals surface area contributed by atoms with Crippen molar-refractivity contribution in [2.75, 3.05) is 0 Å². The van der Waals surface area contributed by atoms with Gasteiger partial charge in [0.25, 0.3) is 0 Å². The highest BCUT2D eigenvalue weighted by atomic mass is 16.1. The molecule has 1 heteroatoms. The molecule has 0 amide bonds. The van der Waals surface area contributed by atoms with Gasteiger partial charge in [0.15, 0.2) is 5.78 Å². The van der Waals surface area contributed by atoms with Gasteiger partial charge in [-0.05, 0) is 24.8 Å². The zero-order valence-electron chi connectivity index (χ0n) is 12.2. The molecule has 0 spiro atoms. The van der Waals surface area contributed by atoms with Crippen LogP contribution in [0.15, 0.2) is 24.3 Å². The van der Waals surface area contributed by atoms with Crippen LogP contribution in [0.4, 0.5) is 0 Å². The molecule has 0 aliphatic heterocycles. The van der Waals surface area contributed by atoms with Gasteiger partial charge in [0.2, 0.25) is 0 Å². The predicted molar refractivity (Wildman–Crippen MR) is 80.6 cm³/mol. The molecule has 1 aromatic carbocycles. The fourth-order valence-electron chi connectivity index (χ4n) is 3.08. The summed E-state index contributed by atoms with van der Waals surface area (Å²) >= 11 is 0. The summed E-state index contributed by atoms with van der Waals surface area (Å²) in [6.07, 6.45) is 10.9. The Labute approximate surface area is 117 Å². The maximum absolute atomic E-state index is 12.5. The highest BCUT2D eigenvalue weighted by molar-refractivity contribution is 5.97. The molecule has 0 N–H and O–H groups in total. The molecule has 1 nitrogen and oxygen atoms in total. The van der Waals surface area contributed by atoms with E-state index in [-0.39, 0.29) is 5.92 Å². The van der Waals surface area contributed by atoms with Gasteiger partial charge in [0, 0.05) is 11.5 Å². The summed E-state index contributed by atoms with van der Waals surface area (Å²) in [7, 11) is 0. The van der Waals surface area contributed by atoms with Gasteiger partial charge >= 0.3 is 0 Å². The molecule has 0 heterocycles. The SMILES string of the molecule is CCCc1ccc(C(=O)C2CCCCCCC2)cc1. The zero-order valence-corrected chi connectivity index (χ0v) is 12.2. The molecule has 2 rings (SSSR count). The van der Waals surface area contributed by atoms with Crippen molar-refractivity contribution < 1.29 is 4.79 Å². The Kier molecular flexibility index (Phi) is 5.62. The van der Waals surface area contributed by atoms with Gasteiger partial charge in [-0.1, -0.05) is 69.7 Å². The third-order valence-electron chi connectivity index (χ3n) is 4.25. The van der Waals surface area contributed by atoms with Crippen LogP contribution in [0.1, 0.15) is 74.2 Å². The Morgan fingerprint density at radius 3 is 2.16 bits per heavy atom. The second kappa shape index (κ2) is 7.47. The van der Waals surface area contributed by atoms with Crippen LogP contribution in [0.2, 0.25) is 0 Å². The summed E-state index contributed by atoms with van der Waals surface area (Å²) in [5.74, 6) is 0.655. The van der Waals surface area contributed by atoms with Crippen LogP contribution in [-0.4, -0.2) is 5.78 Å². The van der Waals surface area contributed by atoms with Crippen molar-refractivity contribution in [3.63, 3.8) is 0 Å². The Balaban J connectivity index is 2.00. The molecule has 0 saturated heterocycles. The van der Waals surface area contributed by atoms with Crippen LogP contribution < -0.4 is 0 Å². The van der Waals surface area contributed by atoms with E-state index < -0.39 is 0 Å². The summed E-state index contributed by atoms with van der Waals surface area (Å²) in [5.41, 5.74) is 2.27. The van der Waals surface area contributed by atoms with Crippen molar-refractivity contribution in [1.82, 2.24) is 0 Å². The summed E-state index contributed by atoms with van der Waals surface area (Å²) in [6, 6.07) is 8.32. The molecular weight excluding hydrogens is 232 g/mol. The number of rotatable bonds is 4. The first-order chi connectivity index (χ1) is 9.31. The van der Waals surface area contributed by atoms with Crippen molar-refractivity contribution in [2.45, 2.75) is 64.7 Å². The predicted octanol–water partition coefficient (Wildman–Crippen LogP) is 5.18. The molecule has 1 aliphatic carbocycles. The number of Topliss-reactive ketones (excluding diaryl/α,β-unsaturated/α-hetero) is 1. The zero-order chi connectivity index (χ0) is 13.5. The van der Waals surface area contributed by atoms with Gasteiger partial charge in [-0.25, -0.2) is 0 Å². The van der Waals surface area contributed by atoms with Crippen molar-refractivity contribution in [3.8, 4) is 0 Å². The van der Waals surface area contributed by atoms with Crippen LogP contribution in [0, 0.1) is 5.92 Å². The van der Waals surface area contributed by atoms with Crippen LogP contribution in [0.25, 0.3) is 0 Å². The van der Waals surface area contributed by atoms with E-state index in [2.05, 4.69) is 19.1 Å². The number of carbonyl (C=O) groups is 1. The lowest BCUT2D eigenvalue weighted by atomic mass is 9.85. The number of ketones is 1. The maximum atomic E-state index is 12.5. The molecule has 0 radical (unpaired) electrons. The number of hydrogen-bond donors (Lipinski definition) is 0. The van der Waals surface area contributed by atoms with Crippen molar-refractivity contribution in [2.24, 2.45) is 5.92 Å². The standard InChI is InChI=1S/C18H26O/c1-2-8-15-11-13-17(14-12-15)18(19)16-9-6-4-3-5-7-10-16/h11-14,16H,2-10H2,1H3. The van der Waals surface area contributed by atoms with E-state index >= 15 is 0 Å².